The molecule has 1 aliphatic rings. The number of methoxy groups -OCH3 is 2. The maximum atomic E-state index is 14.0. The second-order valence-corrected chi connectivity index (χ2v) is 5.48. The van der Waals surface area contributed by atoms with E-state index in [1.54, 1.807) is 6.07 Å². The van der Waals surface area contributed by atoms with Crippen molar-refractivity contribution in [1.29, 1.82) is 0 Å². The van der Waals surface area contributed by atoms with Gasteiger partial charge >= 0.3 is 0 Å². The van der Waals surface area contributed by atoms with E-state index in [4.69, 9.17) is 15.2 Å². The standard InChI is InChI=1S/C13H17BrFNO2/c1-17-11-8(13(7-16)4-3-5-13)6-9(14)10(15)12(11)18-2/h6H,3-5,7,16H2,1-2H3. The van der Waals surface area contributed by atoms with Gasteiger partial charge in [0.25, 0.3) is 0 Å². The summed E-state index contributed by atoms with van der Waals surface area (Å²) in [5.41, 5.74) is 6.73. The van der Waals surface area contributed by atoms with E-state index < -0.39 is 5.82 Å². The van der Waals surface area contributed by atoms with E-state index in [9.17, 15) is 4.39 Å². The first-order chi connectivity index (χ1) is 8.59. The largest absolute Gasteiger partial charge is 0.492 e. The van der Waals surface area contributed by atoms with E-state index >= 15 is 0 Å². The highest BCUT2D eigenvalue weighted by Gasteiger charge is 2.41. The number of hydrogen-bond acceptors (Lipinski definition) is 3. The smallest absolute Gasteiger partial charge is 0.198 e. The van der Waals surface area contributed by atoms with E-state index in [1.165, 1.54) is 14.2 Å². The van der Waals surface area contributed by atoms with Crippen molar-refractivity contribution in [3.05, 3.63) is 21.9 Å². The highest BCUT2D eigenvalue weighted by atomic mass is 79.9. The lowest BCUT2D eigenvalue weighted by molar-refractivity contribution is 0.238. The molecule has 2 rings (SSSR count). The Bertz CT molecular complexity index is 455. The number of hydrogen-bond donors (Lipinski definition) is 1. The van der Waals surface area contributed by atoms with Crippen LogP contribution in [0.25, 0.3) is 0 Å². The average molecular weight is 318 g/mol. The molecule has 100 valence electrons. The molecule has 1 fully saturated rings. The highest BCUT2D eigenvalue weighted by Crippen LogP contribution is 2.50. The van der Waals surface area contributed by atoms with E-state index in [1.807, 2.05) is 0 Å². The predicted octanol–water partition coefficient (Wildman–Crippen LogP) is 2.99. The summed E-state index contributed by atoms with van der Waals surface area (Å²) in [7, 11) is 2.96. The Morgan fingerprint density at radius 1 is 1.33 bits per heavy atom. The molecule has 0 spiro atoms. The molecule has 5 heteroatoms. The molecule has 0 saturated heterocycles. The van der Waals surface area contributed by atoms with Crippen molar-refractivity contribution in [2.45, 2.75) is 24.7 Å². The molecule has 0 bridgehead atoms. The van der Waals surface area contributed by atoms with Gasteiger partial charge in [-0.15, -0.1) is 0 Å². The first-order valence-electron chi connectivity index (χ1n) is 5.90. The topological polar surface area (TPSA) is 44.5 Å². The summed E-state index contributed by atoms with van der Waals surface area (Å²) in [6, 6.07) is 1.77. The van der Waals surface area contributed by atoms with Crippen LogP contribution < -0.4 is 15.2 Å². The van der Waals surface area contributed by atoms with Crippen LogP contribution in [0.5, 0.6) is 11.5 Å². The summed E-state index contributed by atoms with van der Waals surface area (Å²) >= 11 is 3.22. The summed E-state index contributed by atoms with van der Waals surface area (Å²) in [5, 5.41) is 0. The van der Waals surface area contributed by atoms with E-state index in [-0.39, 0.29) is 11.2 Å². The molecule has 1 aromatic carbocycles. The summed E-state index contributed by atoms with van der Waals surface area (Å²) < 4.78 is 24.8. The first-order valence-corrected chi connectivity index (χ1v) is 6.69. The molecular formula is C13H17BrFNO2. The molecule has 0 heterocycles. The molecule has 1 aliphatic carbocycles. The monoisotopic (exact) mass is 317 g/mol. The summed E-state index contributed by atoms with van der Waals surface area (Å²) in [5.74, 6) is 0.162. The Morgan fingerprint density at radius 2 is 1.94 bits per heavy atom. The fraction of sp³-hybridized carbons (Fsp3) is 0.538. The number of nitrogens with two attached hydrogens (primary N) is 1. The van der Waals surface area contributed by atoms with Crippen molar-refractivity contribution in [1.82, 2.24) is 0 Å². The van der Waals surface area contributed by atoms with Crippen LogP contribution in [0.4, 0.5) is 4.39 Å². The minimum absolute atomic E-state index is 0.102. The molecule has 0 aliphatic heterocycles. The second-order valence-electron chi connectivity index (χ2n) is 4.62. The molecule has 2 N–H and O–H groups in total. The van der Waals surface area contributed by atoms with Gasteiger partial charge in [-0.25, -0.2) is 4.39 Å². The third-order valence-electron chi connectivity index (χ3n) is 3.81. The Labute approximate surface area is 115 Å². The van der Waals surface area contributed by atoms with Crippen molar-refractivity contribution in [2.75, 3.05) is 20.8 Å². The van der Waals surface area contributed by atoms with Crippen LogP contribution in [0.15, 0.2) is 10.5 Å². The second kappa shape index (κ2) is 5.05. The van der Waals surface area contributed by atoms with Gasteiger partial charge in [0.05, 0.1) is 18.7 Å². The van der Waals surface area contributed by atoms with Gasteiger partial charge in [-0.1, -0.05) is 6.42 Å². The van der Waals surface area contributed by atoms with Crippen molar-refractivity contribution >= 4 is 15.9 Å². The van der Waals surface area contributed by atoms with Crippen molar-refractivity contribution < 1.29 is 13.9 Å². The zero-order chi connectivity index (χ0) is 13.3. The summed E-state index contributed by atoms with van der Waals surface area (Å²) in [6.07, 6.45) is 3.14. The quantitative estimate of drug-likeness (QED) is 0.928. The first kappa shape index (κ1) is 13.6. The van der Waals surface area contributed by atoms with Gasteiger partial charge in [-0.2, -0.15) is 0 Å². The summed E-state index contributed by atoms with van der Waals surface area (Å²) in [6.45, 7) is 0.532. The van der Waals surface area contributed by atoms with Gasteiger partial charge in [0.15, 0.2) is 17.3 Å². The Kier molecular flexibility index (Phi) is 3.82. The van der Waals surface area contributed by atoms with Crippen molar-refractivity contribution in [3.63, 3.8) is 0 Å². The number of benzene rings is 1. The van der Waals surface area contributed by atoms with Crippen LogP contribution >= 0.6 is 15.9 Å². The molecule has 18 heavy (non-hydrogen) atoms. The van der Waals surface area contributed by atoms with Crippen molar-refractivity contribution in [3.8, 4) is 11.5 Å². The van der Waals surface area contributed by atoms with E-state index in [0.717, 1.165) is 24.8 Å². The Balaban J connectivity index is 2.63. The van der Waals surface area contributed by atoms with Crippen LogP contribution in [0.1, 0.15) is 24.8 Å². The molecule has 0 aromatic heterocycles. The van der Waals surface area contributed by atoms with Crippen LogP contribution in [0.2, 0.25) is 0 Å². The van der Waals surface area contributed by atoms with Crippen LogP contribution in [0.3, 0.4) is 0 Å². The lowest BCUT2D eigenvalue weighted by atomic mass is 9.64. The van der Waals surface area contributed by atoms with Crippen LogP contribution in [-0.2, 0) is 5.41 Å². The number of rotatable bonds is 4. The maximum Gasteiger partial charge on any atom is 0.198 e. The average Bonchev–Trinajstić information content (AvgIpc) is 2.32. The lowest BCUT2D eigenvalue weighted by Crippen LogP contribution is -2.41. The number of halogens is 2. The predicted molar refractivity (Wildman–Crippen MR) is 71.8 cm³/mol. The van der Waals surface area contributed by atoms with E-state index in [0.29, 0.717) is 16.8 Å². The normalized spacial score (nSPS) is 17.2. The molecule has 0 unspecified atom stereocenters. The van der Waals surface area contributed by atoms with Gasteiger partial charge in [0, 0.05) is 17.5 Å². The molecule has 3 nitrogen and oxygen atoms in total. The SMILES string of the molecule is COc1c(C2(CN)CCC2)cc(Br)c(F)c1OC. The molecule has 0 amide bonds. The maximum absolute atomic E-state index is 14.0. The number of ether oxygens (including phenoxy) is 2. The molecule has 1 saturated carbocycles. The van der Waals surface area contributed by atoms with Crippen LogP contribution in [-0.4, -0.2) is 20.8 Å². The Hall–Kier alpha value is -0.810. The minimum atomic E-state index is -0.440. The van der Waals surface area contributed by atoms with E-state index in [2.05, 4.69) is 15.9 Å². The molecule has 0 atom stereocenters. The molecule has 0 radical (unpaired) electrons. The minimum Gasteiger partial charge on any atom is -0.492 e. The zero-order valence-electron chi connectivity index (χ0n) is 10.6. The van der Waals surface area contributed by atoms with Crippen LogP contribution in [0, 0.1) is 5.82 Å². The van der Waals surface area contributed by atoms with Gasteiger partial charge < -0.3 is 15.2 Å². The highest BCUT2D eigenvalue weighted by molar-refractivity contribution is 9.10. The zero-order valence-corrected chi connectivity index (χ0v) is 12.1. The van der Waals surface area contributed by atoms with Crippen molar-refractivity contribution in [2.24, 2.45) is 5.73 Å². The molecule has 1 aromatic rings. The fourth-order valence-electron chi connectivity index (χ4n) is 2.55. The Morgan fingerprint density at radius 3 is 2.33 bits per heavy atom. The summed E-state index contributed by atoms with van der Waals surface area (Å²) in [4.78, 5) is 0. The van der Waals surface area contributed by atoms with Gasteiger partial charge in [0.1, 0.15) is 0 Å². The van der Waals surface area contributed by atoms with Gasteiger partial charge in [-0.3, -0.25) is 0 Å². The molecular weight excluding hydrogens is 301 g/mol. The third kappa shape index (κ3) is 1.89. The fourth-order valence-corrected chi connectivity index (χ4v) is 2.96. The lowest BCUT2D eigenvalue weighted by Gasteiger charge is -2.42. The van der Waals surface area contributed by atoms with Gasteiger partial charge in [0.2, 0.25) is 0 Å². The third-order valence-corrected chi connectivity index (χ3v) is 4.39. The van der Waals surface area contributed by atoms with Gasteiger partial charge in [-0.05, 0) is 34.8 Å².